The zero-order valence-corrected chi connectivity index (χ0v) is 7.16. The molecule has 0 aliphatic heterocycles. The van der Waals surface area contributed by atoms with E-state index in [1.54, 1.807) is 0 Å². The lowest BCUT2D eigenvalue weighted by Crippen LogP contribution is -2.31. The van der Waals surface area contributed by atoms with Crippen molar-refractivity contribution >= 4 is 12.1 Å². The van der Waals surface area contributed by atoms with Crippen LogP contribution in [0.4, 0.5) is 0 Å². The van der Waals surface area contributed by atoms with Gasteiger partial charge in [-0.05, 0) is 31.1 Å². The van der Waals surface area contributed by atoms with Crippen molar-refractivity contribution in [2.24, 2.45) is 17.8 Å². The lowest BCUT2D eigenvalue weighted by atomic mass is 9.68. The highest BCUT2D eigenvalue weighted by molar-refractivity contribution is 5.80. The Bertz CT molecular complexity index is 194. The topological polar surface area (TPSA) is 34.1 Å². The monoisotopic (exact) mass is 166 g/mol. The second kappa shape index (κ2) is 3.00. The molecule has 0 heterocycles. The molecule has 0 aromatic heterocycles. The van der Waals surface area contributed by atoms with Crippen molar-refractivity contribution in [2.45, 2.75) is 32.1 Å². The Morgan fingerprint density at radius 1 is 1.08 bits per heavy atom. The van der Waals surface area contributed by atoms with Crippen molar-refractivity contribution in [2.75, 3.05) is 0 Å². The Morgan fingerprint density at radius 2 is 1.67 bits per heavy atom. The molecule has 0 saturated heterocycles. The van der Waals surface area contributed by atoms with Gasteiger partial charge in [0.15, 0.2) is 0 Å². The minimum Gasteiger partial charge on any atom is -0.303 e. The Morgan fingerprint density at radius 3 is 2.17 bits per heavy atom. The normalized spacial score (nSPS) is 41.0. The van der Waals surface area contributed by atoms with E-state index in [2.05, 4.69) is 0 Å². The maximum Gasteiger partial charge on any atom is 0.133 e. The van der Waals surface area contributed by atoms with Crippen LogP contribution in [0.25, 0.3) is 0 Å². The number of hydrogen-bond donors (Lipinski definition) is 0. The number of hydrogen-bond acceptors (Lipinski definition) is 2. The predicted molar refractivity (Wildman–Crippen MR) is 44.6 cm³/mol. The molecule has 2 fully saturated rings. The minimum atomic E-state index is 0.252. The van der Waals surface area contributed by atoms with Crippen LogP contribution in [0.3, 0.4) is 0 Å². The fourth-order valence-electron chi connectivity index (χ4n) is 2.79. The Labute approximate surface area is 72.3 Å². The van der Waals surface area contributed by atoms with E-state index >= 15 is 0 Å². The highest BCUT2D eigenvalue weighted by Crippen LogP contribution is 2.40. The minimum absolute atomic E-state index is 0.252. The standard InChI is InChI=1S/C10H14O2/c11-6-9-2-7-1-8(3-9)5-10(12)4-7/h6-9H,1-5H2. The van der Waals surface area contributed by atoms with Crippen molar-refractivity contribution in [1.82, 2.24) is 0 Å². The Kier molecular flexibility index (Phi) is 1.99. The third-order valence-electron chi connectivity index (χ3n) is 3.16. The van der Waals surface area contributed by atoms with Crippen molar-refractivity contribution in [3.05, 3.63) is 0 Å². The molecule has 2 bridgehead atoms. The molecule has 66 valence electrons. The maximum atomic E-state index is 11.2. The summed E-state index contributed by atoms with van der Waals surface area (Å²) in [5.41, 5.74) is 0. The molecular weight excluding hydrogens is 152 g/mol. The van der Waals surface area contributed by atoms with E-state index in [1.807, 2.05) is 0 Å². The summed E-state index contributed by atoms with van der Waals surface area (Å²) in [5, 5.41) is 0. The molecule has 0 aromatic carbocycles. The fourth-order valence-corrected chi connectivity index (χ4v) is 2.79. The Hall–Kier alpha value is -0.660. The van der Waals surface area contributed by atoms with E-state index in [0.717, 1.165) is 32.0 Å². The second-order valence-corrected chi connectivity index (χ2v) is 4.28. The third-order valence-corrected chi connectivity index (χ3v) is 3.16. The Balaban J connectivity index is 2.05. The van der Waals surface area contributed by atoms with Gasteiger partial charge in [0.2, 0.25) is 0 Å². The lowest BCUT2D eigenvalue weighted by Gasteiger charge is -2.36. The first kappa shape index (κ1) is 7.96. The van der Waals surface area contributed by atoms with Crippen LogP contribution < -0.4 is 0 Å². The number of fused-ring (bicyclic) bond motifs is 2. The van der Waals surface area contributed by atoms with Gasteiger partial charge in [0.05, 0.1) is 0 Å². The van der Waals surface area contributed by atoms with Crippen molar-refractivity contribution in [3.8, 4) is 0 Å². The molecule has 2 heteroatoms. The molecule has 2 atom stereocenters. The van der Waals surface area contributed by atoms with Crippen LogP contribution in [0.15, 0.2) is 0 Å². The van der Waals surface area contributed by atoms with Gasteiger partial charge in [-0.3, -0.25) is 4.79 Å². The average Bonchev–Trinajstić information content (AvgIpc) is 2.02. The van der Waals surface area contributed by atoms with Crippen LogP contribution in [0.2, 0.25) is 0 Å². The van der Waals surface area contributed by atoms with Crippen molar-refractivity contribution < 1.29 is 9.59 Å². The van der Waals surface area contributed by atoms with Crippen molar-refractivity contribution in [3.63, 3.8) is 0 Å². The number of carbonyl (C=O) groups is 2. The largest absolute Gasteiger partial charge is 0.303 e. The van der Waals surface area contributed by atoms with Crippen LogP contribution in [0.5, 0.6) is 0 Å². The van der Waals surface area contributed by atoms with Gasteiger partial charge in [0.1, 0.15) is 12.1 Å². The molecule has 12 heavy (non-hydrogen) atoms. The molecular formula is C10H14O2. The summed E-state index contributed by atoms with van der Waals surface area (Å²) in [4.78, 5) is 21.8. The van der Waals surface area contributed by atoms with Crippen LogP contribution in [-0.2, 0) is 9.59 Å². The van der Waals surface area contributed by atoms with Gasteiger partial charge in [0.25, 0.3) is 0 Å². The van der Waals surface area contributed by atoms with E-state index in [-0.39, 0.29) is 5.92 Å². The third kappa shape index (κ3) is 1.43. The van der Waals surface area contributed by atoms with Crippen molar-refractivity contribution in [1.29, 1.82) is 0 Å². The summed E-state index contributed by atoms with van der Waals surface area (Å²) in [6, 6.07) is 0. The summed E-state index contributed by atoms with van der Waals surface area (Å²) in [6.45, 7) is 0. The van der Waals surface area contributed by atoms with E-state index in [1.165, 1.54) is 6.42 Å². The molecule has 2 aliphatic rings. The molecule has 2 unspecified atom stereocenters. The van der Waals surface area contributed by atoms with Gasteiger partial charge >= 0.3 is 0 Å². The van der Waals surface area contributed by atoms with Gasteiger partial charge in [-0.1, -0.05) is 0 Å². The van der Waals surface area contributed by atoms with E-state index in [9.17, 15) is 9.59 Å². The molecule has 2 nitrogen and oxygen atoms in total. The van der Waals surface area contributed by atoms with Crippen LogP contribution in [0.1, 0.15) is 32.1 Å². The lowest BCUT2D eigenvalue weighted by molar-refractivity contribution is -0.126. The summed E-state index contributed by atoms with van der Waals surface area (Å²) >= 11 is 0. The number of aldehydes is 1. The van der Waals surface area contributed by atoms with E-state index in [0.29, 0.717) is 17.6 Å². The van der Waals surface area contributed by atoms with Crippen LogP contribution >= 0.6 is 0 Å². The number of ketones is 1. The highest BCUT2D eigenvalue weighted by atomic mass is 16.1. The highest BCUT2D eigenvalue weighted by Gasteiger charge is 2.34. The molecule has 0 amide bonds. The molecule has 0 radical (unpaired) electrons. The van der Waals surface area contributed by atoms with Gasteiger partial charge in [-0.25, -0.2) is 0 Å². The summed E-state index contributed by atoms with van der Waals surface area (Å²) in [7, 11) is 0. The number of carbonyl (C=O) groups excluding carboxylic acids is 2. The van der Waals surface area contributed by atoms with Gasteiger partial charge < -0.3 is 4.79 Å². The first-order chi connectivity index (χ1) is 5.78. The maximum absolute atomic E-state index is 11.2. The zero-order chi connectivity index (χ0) is 8.55. The summed E-state index contributed by atoms with van der Waals surface area (Å²) in [5.74, 6) is 1.72. The summed E-state index contributed by atoms with van der Waals surface area (Å²) < 4.78 is 0. The molecule has 0 N–H and O–H groups in total. The van der Waals surface area contributed by atoms with Gasteiger partial charge in [-0.2, -0.15) is 0 Å². The van der Waals surface area contributed by atoms with Gasteiger partial charge in [-0.15, -0.1) is 0 Å². The molecule has 0 aromatic rings. The van der Waals surface area contributed by atoms with E-state index < -0.39 is 0 Å². The summed E-state index contributed by atoms with van der Waals surface area (Å²) in [6.07, 6.45) is 5.67. The molecule has 0 spiro atoms. The molecule has 2 rings (SSSR count). The second-order valence-electron chi connectivity index (χ2n) is 4.28. The average molecular weight is 166 g/mol. The van der Waals surface area contributed by atoms with Crippen LogP contribution in [-0.4, -0.2) is 12.1 Å². The molecule has 2 aliphatic carbocycles. The first-order valence-electron chi connectivity index (χ1n) is 4.75. The van der Waals surface area contributed by atoms with Crippen LogP contribution in [0, 0.1) is 17.8 Å². The first-order valence-corrected chi connectivity index (χ1v) is 4.75. The zero-order valence-electron chi connectivity index (χ0n) is 7.16. The predicted octanol–water partition coefficient (Wildman–Crippen LogP) is 1.58. The quantitative estimate of drug-likeness (QED) is 0.554. The smallest absolute Gasteiger partial charge is 0.133 e. The van der Waals surface area contributed by atoms with E-state index in [4.69, 9.17) is 0 Å². The number of Topliss-reactive ketones (excluding diaryl/α,β-unsaturated/α-hetero) is 1. The fraction of sp³-hybridized carbons (Fsp3) is 0.800. The SMILES string of the molecule is O=CC1CC2CC(=O)CC(C1)C2. The molecule has 2 saturated carbocycles. The number of rotatable bonds is 1. The van der Waals surface area contributed by atoms with Gasteiger partial charge in [0, 0.05) is 18.8 Å².